The predicted octanol–water partition coefficient (Wildman–Crippen LogP) is 0.847. The molecule has 2 amide bonds. The SMILES string of the molecule is C=C(CCNC=O)NC(=O)COc1cc(F)c2cn[nH]c2c1. The molecule has 0 aliphatic carbocycles. The molecule has 8 heteroatoms. The molecule has 1 heterocycles. The molecule has 0 saturated heterocycles. The minimum Gasteiger partial charge on any atom is -0.484 e. The number of amides is 2. The van der Waals surface area contributed by atoms with E-state index in [0.29, 0.717) is 36.0 Å². The minimum atomic E-state index is -0.481. The third kappa shape index (κ3) is 4.05. The lowest BCUT2D eigenvalue weighted by molar-refractivity contribution is -0.122. The first-order valence-corrected chi connectivity index (χ1v) is 6.50. The molecule has 1 aromatic carbocycles. The molecule has 0 spiro atoms. The Balaban J connectivity index is 1.84. The van der Waals surface area contributed by atoms with Crippen LogP contribution < -0.4 is 15.4 Å². The third-order valence-corrected chi connectivity index (χ3v) is 2.82. The lowest BCUT2D eigenvalue weighted by atomic mass is 10.2. The number of carbonyl (C=O) groups excluding carboxylic acids is 2. The van der Waals surface area contributed by atoms with Crippen molar-refractivity contribution in [2.24, 2.45) is 0 Å². The molecule has 7 nitrogen and oxygen atoms in total. The van der Waals surface area contributed by atoms with Crippen LogP contribution >= 0.6 is 0 Å². The summed E-state index contributed by atoms with van der Waals surface area (Å²) in [6, 6.07) is 2.75. The van der Waals surface area contributed by atoms with Crippen molar-refractivity contribution in [1.29, 1.82) is 0 Å². The van der Waals surface area contributed by atoms with E-state index in [-0.39, 0.29) is 12.4 Å². The van der Waals surface area contributed by atoms with Crippen molar-refractivity contribution < 1.29 is 18.7 Å². The number of hydrogen-bond acceptors (Lipinski definition) is 4. The molecule has 0 aliphatic heterocycles. The molecule has 1 aromatic heterocycles. The number of aromatic nitrogens is 2. The maximum Gasteiger partial charge on any atom is 0.262 e. The van der Waals surface area contributed by atoms with Gasteiger partial charge in [-0.15, -0.1) is 0 Å². The average Bonchev–Trinajstić information content (AvgIpc) is 2.94. The summed E-state index contributed by atoms with van der Waals surface area (Å²) in [5.41, 5.74) is 0.943. The topological polar surface area (TPSA) is 96.1 Å². The van der Waals surface area contributed by atoms with E-state index in [2.05, 4.69) is 27.4 Å². The Labute approximate surface area is 125 Å². The number of fused-ring (bicyclic) bond motifs is 1. The third-order valence-electron chi connectivity index (χ3n) is 2.82. The molecule has 0 saturated carbocycles. The average molecular weight is 306 g/mol. The summed E-state index contributed by atoms with van der Waals surface area (Å²) in [4.78, 5) is 21.7. The number of aromatic amines is 1. The van der Waals surface area contributed by atoms with Gasteiger partial charge in [-0.3, -0.25) is 14.7 Å². The van der Waals surface area contributed by atoms with Crippen LogP contribution in [0.4, 0.5) is 4.39 Å². The summed E-state index contributed by atoms with van der Waals surface area (Å²) in [5.74, 6) is -0.676. The molecule has 22 heavy (non-hydrogen) atoms. The predicted molar refractivity (Wildman–Crippen MR) is 77.5 cm³/mol. The van der Waals surface area contributed by atoms with E-state index in [1.807, 2.05) is 0 Å². The quantitative estimate of drug-likeness (QED) is 0.497. The molecule has 0 radical (unpaired) electrons. The summed E-state index contributed by atoms with van der Waals surface area (Å²) in [7, 11) is 0. The van der Waals surface area contributed by atoms with Crippen LogP contribution in [-0.2, 0) is 9.59 Å². The van der Waals surface area contributed by atoms with Crippen LogP contribution in [0.5, 0.6) is 5.75 Å². The van der Waals surface area contributed by atoms with Crippen LogP contribution in [0.3, 0.4) is 0 Å². The zero-order valence-electron chi connectivity index (χ0n) is 11.7. The zero-order chi connectivity index (χ0) is 15.9. The molecular weight excluding hydrogens is 291 g/mol. The molecule has 0 aliphatic rings. The Morgan fingerprint density at radius 1 is 1.50 bits per heavy atom. The highest BCUT2D eigenvalue weighted by Crippen LogP contribution is 2.22. The number of rotatable bonds is 8. The lowest BCUT2D eigenvalue weighted by Gasteiger charge is -2.09. The Hall–Kier alpha value is -2.90. The van der Waals surface area contributed by atoms with E-state index < -0.39 is 11.7 Å². The number of H-pyrrole nitrogens is 1. The van der Waals surface area contributed by atoms with E-state index in [1.165, 1.54) is 12.3 Å². The van der Waals surface area contributed by atoms with Crippen molar-refractivity contribution in [3.05, 3.63) is 36.4 Å². The summed E-state index contributed by atoms with van der Waals surface area (Å²) < 4.78 is 18.9. The number of carbonyl (C=O) groups is 2. The molecular formula is C14H15FN4O3. The normalized spacial score (nSPS) is 10.2. The fourth-order valence-corrected chi connectivity index (χ4v) is 1.79. The van der Waals surface area contributed by atoms with Crippen LogP contribution in [0, 0.1) is 5.82 Å². The number of nitrogens with zero attached hydrogens (tertiary/aromatic N) is 1. The van der Waals surface area contributed by atoms with E-state index >= 15 is 0 Å². The number of hydrogen-bond donors (Lipinski definition) is 3. The van der Waals surface area contributed by atoms with Crippen LogP contribution in [0.15, 0.2) is 30.6 Å². The molecule has 0 fully saturated rings. The van der Waals surface area contributed by atoms with E-state index in [9.17, 15) is 14.0 Å². The zero-order valence-corrected chi connectivity index (χ0v) is 11.7. The summed E-state index contributed by atoms with van der Waals surface area (Å²) in [5, 5.41) is 11.7. The number of ether oxygens (including phenoxy) is 1. The van der Waals surface area contributed by atoms with Gasteiger partial charge in [0.2, 0.25) is 6.41 Å². The monoisotopic (exact) mass is 306 g/mol. The fourth-order valence-electron chi connectivity index (χ4n) is 1.79. The summed E-state index contributed by atoms with van der Waals surface area (Å²) in [6.45, 7) is 3.75. The minimum absolute atomic E-state index is 0.220. The molecule has 0 atom stereocenters. The van der Waals surface area contributed by atoms with Gasteiger partial charge in [0.15, 0.2) is 6.61 Å². The fraction of sp³-hybridized carbons (Fsp3) is 0.214. The Bertz CT molecular complexity index is 698. The van der Waals surface area contributed by atoms with Crippen LogP contribution in [0.25, 0.3) is 10.9 Å². The van der Waals surface area contributed by atoms with Gasteiger partial charge >= 0.3 is 0 Å². The van der Waals surface area contributed by atoms with Gasteiger partial charge in [-0.25, -0.2) is 4.39 Å². The summed E-state index contributed by atoms with van der Waals surface area (Å²) >= 11 is 0. The lowest BCUT2D eigenvalue weighted by Crippen LogP contribution is -2.29. The first kappa shape index (κ1) is 15.5. The van der Waals surface area contributed by atoms with Gasteiger partial charge in [-0.05, 0) is 0 Å². The van der Waals surface area contributed by atoms with Gasteiger partial charge in [0.1, 0.15) is 11.6 Å². The highest BCUT2D eigenvalue weighted by molar-refractivity contribution is 5.81. The Morgan fingerprint density at radius 3 is 3.09 bits per heavy atom. The molecule has 3 N–H and O–H groups in total. The number of benzene rings is 1. The highest BCUT2D eigenvalue weighted by atomic mass is 19.1. The Morgan fingerprint density at radius 2 is 2.32 bits per heavy atom. The molecule has 116 valence electrons. The van der Waals surface area contributed by atoms with Gasteiger partial charge in [-0.1, -0.05) is 6.58 Å². The van der Waals surface area contributed by atoms with Gasteiger partial charge in [0.25, 0.3) is 5.91 Å². The van der Waals surface area contributed by atoms with Crippen LogP contribution in [0.1, 0.15) is 6.42 Å². The Kier molecular flexibility index (Phi) is 5.07. The maximum atomic E-state index is 13.7. The standard InChI is InChI=1S/C14H15FN4O3/c1-9(2-3-16-8-20)18-14(21)7-22-10-4-12(15)11-6-17-19-13(11)5-10/h4-6,8H,1-3,7H2,(H,16,20)(H,17,19)(H,18,21). The van der Waals surface area contributed by atoms with Crippen molar-refractivity contribution >= 4 is 23.2 Å². The highest BCUT2D eigenvalue weighted by Gasteiger charge is 2.09. The smallest absolute Gasteiger partial charge is 0.262 e. The molecule has 2 aromatic rings. The van der Waals surface area contributed by atoms with E-state index in [4.69, 9.17) is 4.74 Å². The first-order chi connectivity index (χ1) is 10.6. The second kappa shape index (κ2) is 7.21. The molecule has 0 bridgehead atoms. The van der Waals surface area contributed by atoms with Gasteiger partial charge < -0.3 is 15.4 Å². The number of halogens is 1. The maximum absolute atomic E-state index is 13.7. The van der Waals surface area contributed by atoms with Crippen molar-refractivity contribution in [1.82, 2.24) is 20.8 Å². The second-order valence-electron chi connectivity index (χ2n) is 4.50. The molecule has 2 rings (SSSR count). The van der Waals surface area contributed by atoms with Gasteiger partial charge in [-0.2, -0.15) is 5.10 Å². The van der Waals surface area contributed by atoms with Crippen molar-refractivity contribution in [3.8, 4) is 5.75 Å². The van der Waals surface area contributed by atoms with Crippen LogP contribution in [0.2, 0.25) is 0 Å². The van der Waals surface area contributed by atoms with Crippen molar-refractivity contribution in [3.63, 3.8) is 0 Å². The van der Waals surface area contributed by atoms with E-state index in [1.54, 1.807) is 6.07 Å². The van der Waals surface area contributed by atoms with Gasteiger partial charge in [0, 0.05) is 30.8 Å². The molecule has 0 unspecified atom stereocenters. The van der Waals surface area contributed by atoms with Gasteiger partial charge in [0.05, 0.1) is 17.1 Å². The second-order valence-corrected chi connectivity index (χ2v) is 4.50. The largest absolute Gasteiger partial charge is 0.484 e. The first-order valence-electron chi connectivity index (χ1n) is 6.50. The van der Waals surface area contributed by atoms with E-state index in [0.717, 1.165) is 0 Å². The van der Waals surface area contributed by atoms with Crippen molar-refractivity contribution in [2.45, 2.75) is 6.42 Å². The number of nitrogens with one attached hydrogen (secondary N) is 3. The summed E-state index contributed by atoms with van der Waals surface area (Å²) in [6.07, 6.45) is 2.36. The van der Waals surface area contributed by atoms with Crippen LogP contribution in [-0.4, -0.2) is 35.7 Å². The van der Waals surface area contributed by atoms with Crippen molar-refractivity contribution in [2.75, 3.05) is 13.2 Å².